The van der Waals surface area contributed by atoms with Crippen molar-refractivity contribution in [3.8, 4) is 0 Å². The number of carbonyl (C=O) groups is 1. The Balaban J connectivity index is 1.18. The average Bonchev–Trinajstić information content (AvgIpc) is 3.64. The molecule has 5 heterocycles. The third-order valence-electron chi connectivity index (χ3n) is 7.62. The molecule has 2 aliphatic rings. The molecular weight excluding hydrogens is 527 g/mol. The van der Waals surface area contributed by atoms with Crippen LogP contribution in [0.1, 0.15) is 29.5 Å². The minimum absolute atomic E-state index is 0.0848. The zero-order valence-electron chi connectivity index (χ0n) is 23.0. The summed E-state index contributed by atoms with van der Waals surface area (Å²) in [6.45, 7) is 4.68. The van der Waals surface area contributed by atoms with Crippen molar-refractivity contribution in [2.75, 3.05) is 43.1 Å². The van der Waals surface area contributed by atoms with Gasteiger partial charge in [0.2, 0.25) is 11.8 Å². The number of fused-ring (bicyclic) bond motifs is 1. The van der Waals surface area contributed by atoms with Gasteiger partial charge in [0.25, 0.3) is 5.35 Å². The summed E-state index contributed by atoms with van der Waals surface area (Å²) in [5, 5.41) is 12.5. The third kappa shape index (κ3) is 5.06. The standard InChI is InChI=1S/C28H29FN10O2/c1-28(35-27(40)41-3,21-4-6-23(29)7-5-21)22-14-30-26(31-15-22)38-10-8-37(9-11-38)25-24-12-19(17-39(24)34-18-32-25)20-13-33-36(2)16-20/h4-7,12-19H,8-11H2,1-3H3/p+1/t19?,28-/m0/s1. The van der Waals surface area contributed by atoms with Gasteiger partial charge < -0.3 is 19.9 Å². The van der Waals surface area contributed by atoms with Crippen molar-refractivity contribution in [1.82, 2.24) is 35.1 Å². The monoisotopic (exact) mass is 557 g/mol. The zero-order chi connectivity index (χ0) is 28.6. The molecule has 2 atom stereocenters. The topological polar surface area (TPSA) is 120 Å². The summed E-state index contributed by atoms with van der Waals surface area (Å²) in [7, 11) is 3.20. The summed E-state index contributed by atoms with van der Waals surface area (Å²) in [5.74, 6) is 1.20. The molecule has 0 bridgehead atoms. The molecule has 3 aromatic heterocycles. The second-order valence-electron chi connectivity index (χ2n) is 10.2. The predicted molar refractivity (Wildman–Crippen MR) is 147 cm³/mol. The summed E-state index contributed by atoms with van der Waals surface area (Å²) in [6, 6.07) is 5.94. The number of aryl methyl sites for hydroxylation is 1. The lowest BCUT2D eigenvalue weighted by atomic mass is 9.86. The molecule has 1 aromatic carbocycles. The number of hydrogen-bond acceptors (Lipinski definition) is 9. The van der Waals surface area contributed by atoms with Gasteiger partial charge in [0.15, 0.2) is 12.5 Å². The van der Waals surface area contributed by atoms with E-state index in [1.165, 1.54) is 19.2 Å². The molecule has 13 heteroatoms. The highest BCUT2D eigenvalue weighted by Crippen LogP contribution is 2.30. The number of halogens is 1. The van der Waals surface area contributed by atoms with E-state index in [1.54, 1.807) is 42.5 Å². The highest BCUT2D eigenvalue weighted by Gasteiger charge is 2.33. The van der Waals surface area contributed by atoms with Crippen LogP contribution >= 0.6 is 0 Å². The number of benzene rings is 1. The van der Waals surface area contributed by atoms with Gasteiger partial charge in [-0.25, -0.2) is 24.1 Å². The largest absolute Gasteiger partial charge is 0.453 e. The first-order valence-corrected chi connectivity index (χ1v) is 13.2. The summed E-state index contributed by atoms with van der Waals surface area (Å²) in [5.41, 5.74) is 1.39. The Hall–Kier alpha value is -4.94. The maximum Gasteiger partial charge on any atom is 0.407 e. The molecule has 0 spiro atoms. The molecule has 1 unspecified atom stereocenters. The van der Waals surface area contributed by atoms with Gasteiger partial charge in [-0.2, -0.15) is 5.10 Å². The van der Waals surface area contributed by atoms with Crippen LogP contribution in [-0.4, -0.2) is 69.2 Å². The van der Waals surface area contributed by atoms with E-state index in [0.717, 1.165) is 29.8 Å². The van der Waals surface area contributed by atoms with Crippen LogP contribution in [-0.2, 0) is 17.3 Å². The molecule has 0 radical (unpaired) electrons. The second-order valence-corrected chi connectivity index (χ2v) is 10.2. The van der Waals surface area contributed by atoms with E-state index in [9.17, 15) is 9.18 Å². The fourth-order valence-electron chi connectivity index (χ4n) is 5.25. The maximum atomic E-state index is 13.6. The summed E-state index contributed by atoms with van der Waals surface area (Å²) in [4.78, 5) is 30.4. The van der Waals surface area contributed by atoms with Crippen LogP contribution in [0.15, 0.2) is 55.4 Å². The van der Waals surface area contributed by atoms with Crippen LogP contribution in [0.4, 0.5) is 21.0 Å². The number of nitrogens with one attached hydrogen (secondary N) is 1. The molecule has 1 N–H and O–H groups in total. The third-order valence-corrected chi connectivity index (χ3v) is 7.62. The quantitative estimate of drug-likeness (QED) is 0.346. The van der Waals surface area contributed by atoms with Gasteiger partial charge in [0.1, 0.15) is 5.82 Å². The Bertz CT molecular complexity index is 1680. The van der Waals surface area contributed by atoms with Gasteiger partial charge in [0.05, 0.1) is 24.8 Å². The fourth-order valence-corrected chi connectivity index (χ4v) is 5.25. The lowest BCUT2D eigenvalue weighted by Gasteiger charge is -2.35. The number of rotatable bonds is 6. The summed E-state index contributed by atoms with van der Waals surface area (Å²) in [6.07, 6.45) is 12.5. The zero-order valence-corrected chi connectivity index (χ0v) is 23.0. The van der Waals surface area contributed by atoms with E-state index in [4.69, 9.17) is 4.74 Å². The van der Waals surface area contributed by atoms with Crippen LogP contribution in [0, 0.1) is 12.0 Å². The van der Waals surface area contributed by atoms with Crippen molar-refractivity contribution in [2.45, 2.75) is 18.4 Å². The number of carbonyl (C=O) groups excluding carboxylic acids is 1. The number of anilines is 2. The van der Waals surface area contributed by atoms with E-state index in [2.05, 4.69) is 52.6 Å². The number of alkyl carbamates (subject to hydrolysis) is 1. The van der Waals surface area contributed by atoms with E-state index in [0.29, 0.717) is 30.2 Å². The van der Waals surface area contributed by atoms with Gasteiger partial charge in [-0.05, 0) is 24.6 Å². The lowest BCUT2D eigenvalue weighted by molar-refractivity contribution is -0.589. The number of hydrogen-bond donors (Lipinski definition) is 1. The van der Waals surface area contributed by atoms with Crippen LogP contribution < -0.4 is 24.8 Å². The number of ether oxygens (including phenoxy) is 1. The second kappa shape index (κ2) is 10.6. The molecule has 4 aromatic rings. The Morgan fingerprint density at radius 3 is 2.41 bits per heavy atom. The highest BCUT2D eigenvalue weighted by molar-refractivity contribution is 5.69. The van der Waals surface area contributed by atoms with Crippen molar-refractivity contribution in [1.29, 1.82) is 0 Å². The van der Waals surface area contributed by atoms with Crippen LogP contribution in [0.25, 0.3) is 6.08 Å². The van der Waals surface area contributed by atoms with Crippen molar-refractivity contribution < 1.29 is 18.3 Å². The van der Waals surface area contributed by atoms with Gasteiger partial charge in [-0.1, -0.05) is 16.5 Å². The molecule has 6 rings (SSSR count). The fraction of sp³-hybridized carbons (Fsp3) is 0.321. The molecule has 1 fully saturated rings. The van der Waals surface area contributed by atoms with Gasteiger partial charge in [-0.15, -0.1) is 0 Å². The normalized spacial score (nSPS) is 17.7. The number of amides is 1. The highest BCUT2D eigenvalue weighted by atomic mass is 19.1. The molecule has 2 aliphatic heterocycles. The maximum absolute atomic E-state index is 13.6. The Morgan fingerprint density at radius 2 is 1.76 bits per heavy atom. The van der Waals surface area contributed by atoms with E-state index in [1.807, 2.05) is 23.8 Å². The van der Waals surface area contributed by atoms with E-state index >= 15 is 0 Å². The first-order chi connectivity index (χ1) is 19.8. The lowest BCUT2D eigenvalue weighted by Crippen LogP contribution is -2.51. The van der Waals surface area contributed by atoms with Crippen molar-refractivity contribution in [3.05, 3.63) is 89.5 Å². The molecule has 0 saturated carbocycles. The minimum atomic E-state index is -1.02. The minimum Gasteiger partial charge on any atom is -0.453 e. The SMILES string of the molecule is COC(=O)N[C@@](C)(c1ccc(F)cc1)c1cnc(N2CCN(c3ncn[n+]4c3=CC(c3cnn(C)c3)C=4)CC2)nc1. The van der Waals surface area contributed by atoms with Crippen LogP contribution in [0.2, 0.25) is 0 Å². The molecule has 1 saturated heterocycles. The Morgan fingerprint density at radius 1 is 1.05 bits per heavy atom. The van der Waals surface area contributed by atoms with Gasteiger partial charge >= 0.3 is 6.09 Å². The van der Waals surface area contributed by atoms with Crippen molar-refractivity contribution in [2.24, 2.45) is 7.05 Å². The number of nitrogens with zero attached hydrogens (tertiary/aromatic N) is 9. The van der Waals surface area contributed by atoms with Crippen molar-refractivity contribution >= 4 is 23.9 Å². The average molecular weight is 558 g/mol. The first-order valence-electron chi connectivity index (χ1n) is 13.2. The summed E-state index contributed by atoms with van der Waals surface area (Å²) < 4.78 is 22.1. The summed E-state index contributed by atoms with van der Waals surface area (Å²) >= 11 is 0. The number of piperazine rings is 1. The van der Waals surface area contributed by atoms with Crippen molar-refractivity contribution in [3.63, 3.8) is 0 Å². The number of methoxy groups -OCH3 is 1. The van der Waals surface area contributed by atoms with Gasteiger partial charge in [-0.3, -0.25) is 4.68 Å². The van der Waals surface area contributed by atoms with E-state index < -0.39 is 11.6 Å². The smallest absolute Gasteiger partial charge is 0.407 e. The van der Waals surface area contributed by atoms with E-state index in [-0.39, 0.29) is 11.7 Å². The van der Waals surface area contributed by atoms with Gasteiger partial charge in [0, 0.05) is 74.1 Å². The number of aromatic nitrogens is 7. The molecule has 12 nitrogen and oxygen atoms in total. The molecular formula is C28H30FN10O2+. The Kier molecular flexibility index (Phi) is 6.77. The first kappa shape index (κ1) is 26.3. The van der Waals surface area contributed by atoms with Crippen LogP contribution in [0.3, 0.4) is 0 Å². The predicted octanol–water partition coefficient (Wildman–Crippen LogP) is 0.961. The molecule has 41 heavy (non-hydrogen) atoms. The molecule has 210 valence electrons. The molecule has 1 amide bonds. The van der Waals surface area contributed by atoms with Crippen LogP contribution in [0.5, 0.6) is 0 Å². The molecule has 0 aliphatic carbocycles. The Labute approximate surface area is 235 Å².